The summed E-state index contributed by atoms with van der Waals surface area (Å²) in [4.78, 5) is 22.9. The summed E-state index contributed by atoms with van der Waals surface area (Å²) >= 11 is 7.31. The molecule has 3 heterocycles. The molecule has 0 aliphatic carbocycles. The number of halogens is 1. The van der Waals surface area contributed by atoms with Crippen molar-refractivity contribution < 1.29 is 0 Å². The molecule has 19 heavy (non-hydrogen) atoms. The maximum Gasteiger partial charge on any atom is 0.230 e. The highest BCUT2D eigenvalue weighted by molar-refractivity contribution is 7.99. The van der Waals surface area contributed by atoms with Crippen LogP contribution in [0.15, 0.2) is 28.8 Å². The second-order valence-corrected chi connectivity index (χ2v) is 5.36. The van der Waals surface area contributed by atoms with E-state index in [0.29, 0.717) is 11.1 Å². The lowest BCUT2D eigenvalue weighted by Gasteiger charge is -2.15. The summed E-state index contributed by atoms with van der Waals surface area (Å²) in [6.07, 6.45) is 5.50. The molecular weight excluding hydrogens is 284 g/mol. The molecule has 0 amide bonds. The molecule has 2 aromatic heterocycles. The summed E-state index contributed by atoms with van der Waals surface area (Å²) in [6, 6.07) is 1.80. The molecule has 0 aromatic carbocycles. The molecule has 2 aromatic rings. The quantitative estimate of drug-likeness (QED) is 0.803. The fourth-order valence-electron chi connectivity index (χ4n) is 1.86. The van der Waals surface area contributed by atoms with E-state index in [2.05, 4.69) is 29.8 Å². The zero-order valence-corrected chi connectivity index (χ0v) is 11.6. The molecular formula is C11H11ClN6S. The summed E-state index contributed by atoms with van der Waals surface area (Å²) in [7, 11) is 0. The van der Waals surface area contributed by atoms with Gasteiger partial charge in [0.15, 0.2) is 5.16 Å². The highest BCUT2D eigenvalue weighted by Gasteiger charge is 2.17. The monoisotopic (exact) mass is 294 g/mol. The molecule has 0 spiro atoms. The average Bonchev–Trinajstić information content (AvgIpc) is 2.93. The normalized spacial score (nSPS) is 14.9. The SMILES string of the molecule is Clc1nc(Sc2ccncn2)nc(N2CCCC2)n1. The Hall–Kier alpha value is -1.47. The van der Waals surface area contributed by atoms with Gasteiger partial charge in [0, 0.05) is 19.3 Å². The molecule has 1 fully saturated rings. The Labute approximate surface area is 119 Å². The van der Waals surface area contributed by atoms with Crippen LogP contribution in [0.1, 0.15) is 12.8 Å². The van der Waals surface area contributed by atoms with E-state index >= 15 is 0 Å². The largest absolute Gasteiger partial charge is 0.341 e. The van der Waals surface area contributed by atoms with Gasteiger partial charge in [0.05, 0.1) is 0 Å². The smallest absolute Gasteiger partial charge is 0.230 e. The molecule has 98 valence electrons. The molecule has 0 N–H and O–H groups in total. The summed E-state index contributed by atoms with van der Waals surface area (Å²) in [5.41, 5.74) is 0. The topological polar surface area (TPSA) is 67.7 Å². The molecule has 0 bridgehead atoms. The lowest BCUT2D eigenvalue weighted by atomic mass is 10.4. The Bertz CT molecular complexity index is 560. The van der Waals surface area contributed by atoms with Crippen molar-refractivity contribution in [1.82, 2.24) is 24.9 Å². The molecule has 0 atom stereocenters. The molecule has 8 heteroatoms. The number of hydrogen-bond acceptors (Lipinski definition) is 7. The van der Waals surface area contributed by atoms with Crippen molar-refractivity contribution in [3.8, 4) is 0 Å². The van der Waals surface area contributed by atoms with E-state index in [1.165, 1.54) is 18.1 Å². The molecule has 6 nitrogen and oxygen atoms in total. The molecule has 3 rings (SSSR count). The van der Waals surface area contributed by atoms with Crippen LogP contribution in [0.3, 0.4) is 0 Å². The minimum absolute atomic E-state index is 0.216. The van der Waals surface area contributed by atoms with Gasteiger partial charge >= 0.3 is 0 Å². The van der Waals surface area contributed by atoms with Gasteiger partial charge in [-0.3, -0.25) is 0 Å². The third-order valence-electron chi connectivity index (χ3n) is 2.72. The molecule has 1 aliphatic heterocycles. The average molecular weight is 295 g/mol. The Morgan fingerprint density at radius 1 is 1.16 bits per heavy atom. The van der Waals surface area contributed by atoms with Gasteiger partial charge in [-0.2, -0.15) is 15.0 Å². The predicted molar refractivity (Wildman–Crippen MR) is 72.4 cm³/mol. The van der Waals surface area contributed by atoms with Crippen LogP contribution in [0.4, 0.5) is 5.95 Å². The van der Waals surface area contributed by atoms with Crippen LogP contribution >= 0.6 is 23.4 Å². The van der Waals surface area contributed by atoms with Crippen LogP contribution in [0.2, 0.25) is 5.28 Å². The lowest BCUT2D eigenvalue weighted by molar-refractivity contribution is 0.825. The van der Waals surface area contributed by atoms with Crippen molar-refractivity contribution in [1.29, 1.82) is 0 Å². The summed E-state index contributed by atoms with van der Waals surface area (Å²) in [6.45, 7) is 1.94. The van der Waals surface area contributed by atoms with E-state index in [4.69, 9.17) is 11.6 Å². The second-order valence-electron chi connectivity index (χ2n) is 4.03. The van der Waals surface area contributed by atoms with E-state index in [1.807, 2.05) is 0 Å². The highest BCUT2D eigenvalue weighted by Crippen LogP contribution is 2.25. The highest BCUT2D eigenvalue weighted by atomic mass is 35.5. The van der Waals surface area contributed by atoms with Crippen molar-refractivity contribution in [2.24, 2.45) is 0 Å². The fraction of sp³-hybridized carbons (Fsp3) is 0.364. The van der Waals surface area contributed by atoms with Gasteiger partial charge in [0.2, 0.25) is 11.2 Å². The number of rotatable bonds is 3. The zero-order valence-electron chi connectivity index (χ0n) is 10.0. The van der Waals surface area contributed by atoms with E-state index in [0.717, 1.165) is 31.0 Å². The molecule has 0 unspecified atom stereocenters. The van der Waals surface area contributed by atoms with Crippen molar-refractivity contribution in [3.05, 3.63) is 23.9 Å². The number of aromatic nitrogens is 5. The third-order valence-corrected chi connectivity index (χ3v) is 3.70. The maximum atomic E-state index is 5.96. The number of hydrogen-bond donors (Lipinski definition) is 0. The van der Waals surface area contributed by atoms with Gasteiger partial charge in [-0.05, 0) is 42.3 Å². The van der Waals surface area contributed by atoms with Crippen LogP contribution in [-0.4, -0.2) is 38.0 Å². The standard InChI is InChI=1S/C11H11ClN6S/c12-9-15-10(18-5-1-2-6-18)17-11(16-9)19-8-3-4-13-7-14-8/h3-4,7H,1-2,5-6H2. The molecule has 0 saturated carbocycles. The van der Waals surface area contributed by atoms with E-state index in [9.17, 15) is 0 Å². The van der Waals surface area contributed by atoms with Gasteiger partial charge in [-0.15, -0.1) is 0 Å². The van der Waals surface area contributed by atoms with Crippen LogP contribution in [-0.2, 0) is 0 Å². The first kappa shape index (κ1) is 12.6. The summed E-state index contributed by atoms with van der Waals surface area (Å²) in [5, 5.41) is 1.55. The Morgan fingerprint density at radius 2 is 2.00 bits per heavy atom. The molecule has 1 aliphatic rings. The first-order valence-electron chi connectivity index (χ1n) is 5.92. The van der Waals surface area contributed by atoms with E-state index < -0.39 is 0 Å². The Morgan fingerprint density at radius 3 is 2.74 bits per heavy atom. The van der Waals surface area contributed by atoms with Crippen LogP contribution in [0, 0.1) is 0 Å². The van der Waals surface area contributed by atoms with Gasteiger partial charge in [0.1, 0.15) is 11.4 Å². The lowest BCUT2D eigenvalue weighted by Crippen LogP contribution is -2.21. The minimum atomic E-state index is 0.216. The minimum Gasteiger partial charge on any atom is -0.341 e. The van der Waals surface area contributed by atoms with Gasteiger partial charge in [0.25, 0.3) is 0 Å². The third kappa shape index (κ3) is 3.10. The first-order chi connectivity index (χ1) is 9.31. The van der Waals surface area contributed by atoms with E-state index in [-0.39, 0.29) is 5.28 Å². The summed E-state index contributed by atoms with van der Waals surface area (Å²) < 4.78 is 0. The van der Waals surface area contributed by atoms with Gasteiger partial charge in [-0.25, -0.2) is 9.97 Å². The Kier molecular flexibility index (Phi) is 3.74. The zero-order chi connectivity index (χ0) is 13.1. The van der Waals surface area contributed by atoms with Crippen LogP contribution in [0.25, 0.3) is 0 Å². The Balaban J connectivity index is 1.85. The van der Waals surface area contributed by atoms with Crippen molar-refractivity contribution in [2.45, 2.75) is 23.0 Å². The van der Waals surface area contributed by atoms with Crippen molar-refractivity contribution in [3.63, 3.8) is 0 Å². The van der Waals surface area contributed by atoms with Crippen molar-refractivity contribution in [2.75, 3.05) is 18.0 Å². The van der Waals surface area contributed by atoms with Crippen LogP contribution < -0.4 is 4.90 Å². The predicted octanol–water partition coefficient (Wildman–Crippen LogP) is 2.07. The van der Waals surface area contributed by atoms with Gasteiger partial charge in [-0.1, -0.05) is 0 Å². The molecule has 1 saturated heterocycles. The van der Waals surface area contributed by atoms with E-state index in [1.54, 1.807) is 12.3 Å². The number of anilines is 1. The fourth-order valence-corrected chi connectivity index (χ4v) is 2.74. The van der Waals surface area contributed by atoms with Crippen LogP contribution in [0.5, 0.6) is 0 Å². The maximum absolute atomic E-state index is 5.96. The number of nitrogens with zero attached hydrogens (tertiary/aromatic N) is 6. The first-order valence-corrected chi connectivity index (χ1v) is 7.11. The van der Waals surface area contributed by atoms with Gasteiger partial charge < -0.3 is 4.90 Å². The van der Waals surface area contributed by atoms with Crippen molar-refractivity contribution >= 4 is 29.3 Å². The second kappa shape index (κ2) is 5.66. The summed E-state index contributed by atoms with van der Waals surface area (Å²) in [5.74, 6) is 0.647. The molecule has 0 radical (unpaired) electrons.